The van der Waals surface area contributed by atoms with Crippen molar-refractivity contribution < 1.29 is 9.18 Å². The molecule has 0 aromatic heterocycles. The minimum atomic E-state index is -0.156. The largest absolute Gasteiger partial charge is 0.381 e. The average molecular weight is 352 g/mol. The van der Waals surface area contributed by atoms with E-state index in [2.05, 4.69) is 11.4 Å². The molecule has 1 heterocycles. The quantitative estimate of drug-likeness (QED) is 0.818. The topological polar surface area (TPSA) is 32.3 Å². The number of nitrogens with zero attached hydrogens (tertiary/aromatic N) is 1. The van der Waals surface area contributed by atoms with Crippen LogP contribution in [0.1, 0.15) is 42.9 Å². The van der Waals surface area contributed by atoms with E-state index in [9.17, 15) is 9.18 Å². The monoisotopic (exact) mass is 352 g/mol. The number of nitrogens with one attached hydrogen (secondary N) is 1. The molecule has 4 rings (SSSR count). The van der Waals surface area contributed by atoms with Crippen molar-refractivity contribution in [1.29, 1.82) is 0 Å². The number of aryl methyl sites for hydroxylation is 2. The summed E-state index contributed by atoms with van der Waals surface area (Å²) in [6.45, 7) is 3.37. The van der Waals surface area contributed by atoms with Crippen molar-refractivity contribution in [2.45, 2.75) is 45.6 Å². The zero-order valence-corrected chi connectivity index (χ0v) is 15.2. The molecule has 1 fully saturated rings. The van der Waals surface area contributed by atoms with E-state index < -0.39 is 0 Å². The van der Waals surface area contributed by atoms with Gasteiger partial charge in [0.05, 0.1) is 0 Å². The molecule has 4 heteroatoms. The number of rotatable bonds is 6. The van der Waals surface area contributed by atoms with Crippen LogP contribution in [0.2, 0.25) is 0 Å². The maximum Gasteiger partial charge on any atom is 0.227 e. The van der Waals surface area contributed by atoms with Gasteiger partial charge in [-0.2, -0.15) is 0 Å². The average Bonchev–Trinajstić information content (AvgIpc) is 3.47. The molecule has 0 atom stereocenters. The van der Waals surface area contributed by atoms with Gasteiger partial charge in [-0.1, -0.05) is 19.1 Å². The lowest BCUT2D eigenvalue weighted by Crippen LogP contribution is -2.36. The highest BCUT2D eigenvalue weighted by atomic mass is 19.1. The minimum Gasteiger partial charge on any atom is -0.381 e. The summed E-state index contributed by atoms with van der Waals surface area (Å²) in [5.74, 6) is 0.760. The van der Waals surface area contributed by atoms with Crippen LogP contribution in [0, 0.1) is 11.7 Å². The summed E-state index contributed by atoms with van der Waals surface area (Å²) in [7, 11) is 0. The zero-order valence-electron chi connectivity index (χ0n) is 15.2. The molecule has 136 valence electrons. The summed E-state index contributed by atoms with van der Waals surface area (Å²) in [6.07, 6.45) is 4.65. The summed E-state index contributed by atoms with van der Waals surface area (Å²) in [4.78, 5) is 14.3. The number of carbonyl (C=O) groups is 1. The molecule has 1 aliphatic carbocycles. The van der Waals surface area contributed by atoms with E-state index in [4.69, 9.17) is 0 Å². The normalized spacial score (nSPS) is 16.5. The van der Waals surface area contributed by atoms with E-state index in [1.54, 1.807) is 6.07 Å². The SMILES string of the molecule is CCc1cccc(F)c1CNc1ccc2c(c1)CCC(=O)N2CC1CC1. The number of hydrogen-bond acceptors (Lipinski definition) is 2. The van der Waals surface area contributed by atoms with Crippen molar-refractivity contribution in [2.75, 3.05) is 16.8 Å². The number of halogens is 1. The molecule has 26 heavy (non-hydrogen) atoms. The molecule has 1 amide bonds. The van der Waals surface area contributed by atoms with Crippen molar-refractivity contribution >= 4 is 17.3 Å². The van der Waals surface area contributed by atoms with Gasteiger partial charge in [0, 0.05) is 36.4 Å². The predicted octanol–water partition coefficient (Wildman–Crippen LogP) is 4.69. The Morgan fingerprint density at radius 3 is 2.81 bits per heavy atom. The Morgan fingerprint density at radius 1 is 1.19 bits per heavy atom. The first-order valence-corrected chi connectivity index (χ1v) is 9.59. The van der Waals surface area contributed by atoms with Gasteiger partial charge < -0.3 is 10.2 Å². The molecular weight excluding hydrogens is 327 g/mol. The van der Waals surface area contributed by atoms with Crippen LogP contribution in [-0.4, -0.2) is 12.5 Å². The third-order valence-electron chi connectivity index (χ3n) is 5.48. The van der Waals surface area contributed by atoms with Crippen molar-refractivity contribution in [3.8, 4) is 0 Å². The smallest absolute Gasteiger partial charge is 0.227 e. The van der Waals surface area contributed by atoms with Gasteiger partial charge in [-0.25, -0.2) is 4.39 Å². The molecule has 2 aliphatic rings. The second-order valence-corrected chi connectivity index (χ2v) is 7.38. The van der Waals surface area contributed by atoms with Crippen LogP contribution in [-0.2, 0) is 24.2 Å². The van der Waals surface area contributed by atoms with Gasteiger partial charge in [-0.3, -0.25) is 4.79 Å². The molecule has 0 unspecified atom stereocenters. The Morgan fingerprint density at radius 2 is 2.04 bits per heavy atom. The van der Waals surface area contributed by atoms with Gasteiger partial charge in [0.1, 0.15) is 5.82 Å². The van der Waals surface area contributed by atoms with Gasteiger partial charge in [-0.05, 0) is 67.0 Å². The fraction of sp³-hybridized carbons (Fsp3) is 0.409. The highest BCUT2D eigenvalue weighted by molar-refractivity contribution is 5.96. The summed E-state index contributed by atoms with van der Waals surface area (Å²) >= 11 is 0. The number of amides is 1. The summed E-state index contributed by atoms with van der Waals surface area (Å²) < 4.78 is 14.2. The number of carbonyl (C=O) groups excluding carboxylic acids is 1. The minimum absolute atomic E-state index is 0.156. The number of hydrogen-bond donors (Lipinski definition) is 1. The standard InChI is InChI=1S/C22H25FN2O/c1-2-16-4-3-5-20(23)19(16)13-24-18-9-10-21-17(12-18)8-11-22(26)25(21)14-15-6-7-15/h3-5,9-10,12,15,24H,2,6-8,11,13-14H2,1H3. The van der Waals surface area contributed by atoms with Crippen LogP contribution in [0.15, 0.2) is 36.4 Å². The van der Waals surface area contributed by atoms with Crippen molar-refractivity contribution in [1.82, 2.24) is 0 Å². The molecule has 0 radical (unpaired) electrons. The van der Waals surface area contributed by atoms with Gasteiger partial charge in [-0.15, -0.1) is 0 Å². The van der Waals surface area contributed by atoms with Crippen molar-refractivity contribution in [3.05, 3.63) is 58.9 Å². The van der Waals surface area contributed by atoms with E-state index in [-0.39, 0.29) is 11.7 Å². The summed E-state index contributed by atoms with van der Waals surface area (Å²) in [5, 5.41) is 3.36. The lowest BCUT2D eigenvalue weighted by molar-refractivity contribution is -0.118. The van der Waals surface area contributed by atoms with E-state index in [0.29, 0.717) is 18.9 Å². The molecule has 3 nitrogen and oxygen atoms in total. The van der Waals surface area contributed by atoms with Gasteiger partial charge in [0.2, 0.25) is 5.91 Å². The first-order valence-electron chi connectivity index (χ1n) is 9.59. The van der Waals surface area contributed by atoms with E-state index in [1.165, 1.54) is 24.5 Å². The van der Waals surface area contributed by atoms with Crippen LogP contribution in [0.5, 0.6) is 0 Å². The van der Waals surface area contributed by atoms with E-state index in [1.807, 2.05) is 30.0 Å². The van der Waals surface area contributed by atoms with Crippen LogP contribution in [0.3, 0.4) is 0 Å². The second kappa shape index (κ2) is 7.10. The fourth-order valence-electron chi connectivity index (χ4n) is 3.75. The Labute approximate surface area is 154 Å². The van der Waals surface area contributed by atoms with Gasteiger partial charge in [0.25, 0.3) is 0 Å². The predicted molar refractivity (Wildman–Crippen MR) is 103 cm³/mol. The Kier molecular flexibility index (Phi) is 4.66. The zero-order chi connectivity index (χ0) is 18.1. The molecule has 1 aliphatic heterocycles. The maximum atomic E-state index is 14.2. The molecule has 0 bridgehead atoms. The number of anilines is 2. The second-order valence-electron chi connectivity index (χ2n) is 7.38. The summed E-state index contributed by atoms with van der Waals surface area (Å²) in [6, 6.07) is 11.4. The highest BCUT2D eigenvalue weighted by Gasteiger charge is 2.30. The van der Waals surface area contributed by atoms with Crippen molar-refractivity contribution in [2.24, 2.45) is 5.92 Å². The van der Waals surface area contributed by atoms with Crippen LogP contribution in [0.25, 0.3) is 0 Å². The first-order chi connectivity index (χ1) is 12.7. The molecule has 2 aromatic carbocycles. The van der Waals surface area contributed by atoms with Crippen LogP contribution in [0.4, 0.5) is 15.8 Å². The Bertz CT molecular complexity index is 829. The Balaban J connectivity index is 1.52. The van der Waals surface area contributed by atoms with E-state index in [0.717, 1.165) is 41.9 Å². The van der Waals surface area contributed by atoms with Crippen LogP contribution < -0.4 is 10.2 Å². The lowest BCUT2D eigenvalue weighted by atomic mass is 9.99. The van der Waals surface area contributed by atoms with Gasteiger partial charge >= 0.3 is 0 Å². The first kappa shape index (κ1) is 17.1. The lowest BCUT2D eigenvalue weighted by Gasteiger charge is -2.30. The fourth-order valence-corrected chi connectivity index (χ4v) is 3.75. The van der Waals surface area contributed by atoms with Crippen molar-refractivity contribution in [3.63, 3.8) is 0 Å². The maximum absolute atomic E-state index is 14.2. The third-order valence-corrected chi connectivity index (χ3v) is 5.48. The van der Waals surface area contributed by atoms with Crippen LogP contribution >= 0.6 is 0 Å². The number of benzene rings is 2. The highest BCUT2D eigenvalue weighted by Crippen LogP contribution is 2.36. The molecule has 1 N–H and O–H groups in total. The molecule has 0 spiro atoms. The summed E-state index contributed by atoms with van der Waals surface area (Å²) in [5.41, 5.74) is 5.02. The molecule has 0 saturated heterocycles. The van der Waals surface area contributed by atoms with Gasteiger partial charge in [0.15, 0.2) is 0 Å². The van der Waals surface area contributed by atoms with E-state index >= 15 is 0 Å². The Hall–Kier alpha value is -2.36. The molecular formula is C22H25FN2O. The number of fused-ring (bicyclic) bond motifs is 1. The molecule has 1 saturated carbocycles. The molecule has 2 aromatic rings. The third kappa shape index (κ3) is 3.46.